The van der Waals surface area contributed by atoms with Crippen molar-refractivity contribution in [2.45, 2.75) is 13.0 Å². The van der Waals surface area contributed by atoms with Crippen molar-refractivity contribution in [3.05, 3.63) is 63.9 Å². The van der Waals surface area contributed by atoms with Crippen LogP contribution in [0.5, 0.6) is 0 Å². The van der Waals surface area contributed by atoms with Crippen LogP contribution in [0.1, 0.15) is 12.0 Å². The summed E-state index contributed by atoms with van der Waals surface area (Å²) in [6.07, 6.45) is 0.232. The number of rotatable bonds is 6. The number of para-hydroxylation sites is 1. The van der Waals surface area contributed by atoms with E-state index in [-0.39, 0.29) is 24.7 Å². The Morgan fingerprint density at radius 1 is 1.05 bits per heavy atom. The Labute approximate surface area is 138 Å². The first-order valence-corrected chi connectivity index (χ1v) is 7.51. The van der Waals surface area contributed by atoms with Crippen LogP contribution in [0.2, 0.25) is 10.0 Å². The second-order valence-electron chi connectivity index (χ2n) is 4.64. The molecule has 1 amide bonds. The number of anilines is 1. The van der Waals surface area contributed by atoms with Gasteiger partial charge in [0.15, 0.2) is 0 Å². The molecule has 2 rings (SSSR count). The maximum Gasteiger partial charge on any atom is 0.222 e. The minimum Gasteiger partial charge on any atom is -0.382 e. The fraction of sp³-hybridized carbons (Fsp3) is 0.188. The summed E-state index contributed by atoms with van der Waals surface area (Å²) < 4.78 is 13.4. The van der Waals surface area contributed by atoms with E-state index in [1.807, 2.05) is 0 Å². The highest BCUT2D eigenvalue weighted by atomic mass is 35.5. The van der Waals surface area contributed by atoms with E-state index in [0.29, 0.717) is 27.8 Å². The zero-order valence-corrected chi connectivity index (χ0v) is 13.2. The maximum atomic E-state index is 13.4. The lowest BCUT2D eigenvalue weighted by Gasteiger charge is -2.10. The minimum atomic E-state index is -0.330. The van der Waals surface area contributed by atoms with Gasteiger partial charge in [0.05, 0.1) is 15.7 Å². The maximum absolute atomic E-state index is 13.4. The fourth-order valence-corrected chi connectivity index (χ4v) is 2.42. The molecule has 0 atom stereocenters. The number of carbonyl (C=O) groups is 1. The molecular formula is C16H15Cl2FN2O. The number of benzene rings is 2. The summed E-state index contributed by atoms with van der Waals surface area (Å²) in [7, 11) is 0. The van der Waals surface area contributed by atoms with Crippen LogP contribution < -0.4 is 10.6 Å². The molecule has 2 aromatic rings. The molecule has 2 N–H and O–H groups in total. The van der Waals surface area contributed by atoms with Crippen LogP contribution in [0.15, 0.2) is 42.5 Å². The standard InChI is InChI=1S/C16H15Cl2FN2O/c17-12-5-3-6-13(18)16(12)20-9-8-15(22)21-10-11-4-1-2-7-14(11)19/h1-7,20H,8-10H2,(H,21,22). The Morgan fingerprint density at radius 3 is 2.41 bits per heavy atom. The lowest BCUT2D eigenvalue weighted by molar-refractivity contribution is -0.121. The third kappa shape index (κ3) is 4.61. The van der Waals surface area contributed by atoms with E-state index < -0.39 is 0 Å². The van der Waals surface area contributed by atoms with Gasteiger partial charge in [-0.3, -0.25) is 4.79 Å². The number of amides is 1. The molecule has 0 aliphatic carbocycles. The Kier molecular flexibility index (Phi) is 6.04. The van der Waals surface area contributed by atoms with E-state index in [9.17, 15) is 9.18 Å². The molecule has 6 heteroatoms. The summed E-state index contributed by atoms with van der Waals surface area (Å²) in [6, 6.07) is 11.5. The second kappa shape index (κ2) is 8.01. The van der Waals surface area contributed by atoms with Gasteiger partial charge in [-0.15, -0.1) is 0 Å². The lowest BCUT2D eigenvalue weighted by atomic mass is 10.2. The highest BCUT2D eigenvalue weighted by Crippen LogP contribution is 2.29. The molecule has 0 aliphatic rings. The van der Waals surface area contributed by atoms with Crippen LogP contribution in [-0.4, -0.2) is 12.5 Å². The smallest absolute Gasteiger partial charge is 0.222 e. The zero-order chi connectivity index (χ0) is 15.9. The van der Waals surface area contributed by atoms with Gasteiger partial charge in [0, 0.05) is 25.1 Å². The second-order valence-corrected chi connectivity index (χ2v) is 5.46. The third-order valence-electron chi connectivity index (χ3n) is 3.05. The van der Waals surface area contributed by atoms with E-state index in [1.165, 1.54) is 6.07 Å². The van der Waals surface area contributed by atoms with Crippen molar-refractivity contribution in [3.8, 4) is 0 Å². The fourth-order valence-electron chi connectivity index (χ4n) is 1.89. The molecule has 0 aromatic heterocycles. The van der Waals surface area contributed by atoms with Crippen molar-refractivity contribution in [2.75, 3.05) is 11.9 Å². The van der Waals surface area contributed by atoms with Crippen molar-refractivity contribution in [2.24, 2.45) is 0 Å². The van der Waals surface area contributed by atoms with E-state index >= 15 is 0 Å². The summed E-state index contributed by atoms with van der Waals surface area (Å²) in [6.45, 7) is 0.547. The first-order chi connectivity index (χ1) is 10.6. The average Bonchev–Trinajstić information content (AvgIpc) is 2.49. The number of halogens is 3. The van der Waals surface area contributed by atoms with Gasteiger partial charge in [-0.1, -0.05) is 47.5 Å². The van der Waals surface area contributed by atoms with Crippen molar-refractivity contribution in [1.29, 1.82) is 0 Å². The molecule has 0 radical (unpaired) electrons. The molecule has 0 fully saturated rings. The monoisotopic (exact) mass is 340 g/mol. The van der Waals surface area contributed by atoms with Crippen LogP contribution in [-0.2, 0) is 11.3 Å². The molecule has 22 heavy (non-hydrogen) atoms. The van der Waals surface area contributed by atoms with Crippen molar-refractivity contribution in [1.82, 2.24) is 5.32 Å². The largest absolute Gasteiger partial charge is 0.382 e. The van der Waals surface area contributed by atoms with Crippen molar-refractivity contribution in [3.63, 3.8) is 0 Å². The van der Waals surface area contributed by atoms with Gasteiger partial charge >= 0.3 is 0 Å². The Hall–Kier alpha value is -1.78. The van der Waals surface area contributed by atoms with Crippen LogP contribution in [0.4, 0.5) is 10.1 Å². The highest BCUT2D eigenvalue weighted by Gasteiger charge is 2.07. The molecule has 0 heterocycles. The van der Waals surface area contributed by atoms with E-state index in [4.69, 9.17) is 23.2 Å². The van der Waals surface area contributed by atoms with Gasteiger partial charge in [-0.05, 0) is 18.2 Å². The Bertz CT molecular complexity index is 644. The summed E-state index contributed by atoms with van der Waals surface area (Å²) in [5.41, 5.74) is 1.06. The van der Waals surface area contributed by atoms with E-state index in [2.05, 4.69) is 10.6 Å². The van der Waals surface area contributed by atoms with Gasteiger partial charge in [0.25, 0.3) is 0 Å². The highest BCUT2D eigenvalue weighted by molar-refractivity contribution is 6.39. The number of nitrogens with one attached hydrogen (secondary N) is 2. The van der Waals surface area contributed by atoms with Crippen molar-refractivity contribution < 1.29 is 9.18 Å². The molecule has 0 aliphatic heterocycles. The van der Waals surface area contributed by atoms with Gasteiger partial charge in [0.1, 0.15) is 5.82 Å². The predicted molar refractivity (Wildman–Crippen MR) is 87.8 cm³/mol. The molecule has 0 spiro atoms. The van der Waals surface area contributed by atoms with Crippen LogP contribution in [0.3, 0.4) is 0 Å². The molecule has 0 saturated heterocycles. The van der Waals surface area contributed by atoms with E-state index in [0.717, 1.165) is 0 Å². The first kappa shape index (κ1) is 16.6. The lowest BCUT2D eigenvalue weighted by Crippen LogP contribution is -2.25. The number of hydrogen-bond acceptors (Lipinski definition) is 2. The molecule has 0 bridgehead atoms. The molecule has 2 aromatic carbocycles. The average molecular weight is 341 g/mol. The summed E-state index contributed by atoms with van der Waals surface area (Å²) in [5.74, 6) is -0.511. The number of hydrogen-bond donors (Lipinski definition) is 2. The summed E-state index contributed by atoms with van der Waals surface area (Å²) in [4.78, 5) is 11.7. The molecular weight excluding hydrogens is 326 g/mol. The third-order valence-corrected chi connectivity index (χ3v) is 3.68. The SMILES string of the molecule is O=C(CCNc1c(Cl)cccc1Cl)NCc1ccccc1F. The zero-order valence-electron chi connectivity index (χ0n) is 11.7. The van der Waals surface area contributed by atoms with Gasteiger partial charge in [0.2, 0.25) is 5.91 Å². The van der Waals surface area contributed by atoms with Gasteiger partial charge < -0.3 is 10.6 Å². The van der Waals surface area contributed by atoms with Crippen LogP contribution in [0, 0.1) is 5.82 Å². The van der Waals surface area contributed by atoms with Crippen LogP contribution in [0.25, 0.3) is 0 Å². The Balaban J connectivity index is 1.78. The summed E-state index contributed by atoms with van der Waals surface area (Å²) >= 11 is 12.0. The summed E-state index contributed by atoms with van der Waals surface area (Å²) in [5, 5.41) is 6.69. The normalized spacial score (nSPS) is 10.3. The van der Waals surface area contributed by atoms with Gasteiger partial charge in [-0.25, -0.2) is 4.39 Å². The number of carbonyl (C=O) groups excluding carboxylic acids is 1. The molecule has 0 saturated carbocycles. The molecule has 0 unspecified atom stereocenters. The Morgan fingerprint density at radius 2 is 1.73 bits per heavy atom. The van der Waals surface area contributed by atoms with Crippen molar-refractivity contribution >= 4 is 34.8 Å². The van der Waals surface area contributed by atoms with Gasteiger partial charge in [-0.2, -0.15) is 0 Å². The molecule has 116 valence electrons. The topological polar surface area (TPSA) is 41.1 Å². The van der Waals surface area contributed by atoms with E-state index in [1.54, 1.807) is 36.4 Å². The predicted octanol–water partition coefficient (Wildman–Crippen LogP) is 4.25. The first-order valence-electron chi connectivity index (χ1n) is 6.76. The van der Waals surface area contributed by atoms with Crippen LogP contribution >= 0.6 is 23.2 Å². The quantitative estimate of drug-likeness (QED) is 0.825. The minimum absolute atomic E-state index is 0.165. The molecule has 3 nitrogen and oxygen atoms in total.